The minimum atomic E-state index is -0.481. The summed E-state index contributed by atoms with van der Waals surface area (Å²) in [6, 6.07) is 5.99. The van der Waals surface area contributed by atoms with Gasteiger partial charge in [-0.1, -0.05) is 12.1 Å². The number of carbonyl (C=O) groups excluding carboxylic acids is 1. The van der Waals surface area contributed by atoms with Gasteiger partial charge in [-0.15, -0.1) is 0 Å². The maximum atomic E-state index is 12.2. The highest BCUT2D eigenvalue weighted by Gasteiger charge is 2.28. The zero-order chi connectivity index (χ0) is 19.9. The summed E-state index contributed by atoms with van der Waals surface area (Å²) in [5, 5.41) is 4.54. The minimum absolute atomic E-state index is 0.218. The van der Waals surface area contributed by atoms with Crippen LogP contribution >= 0.6 is 0 Å². The van der Waals surface area contributed by atoms with E-state index in [0.29, 0.717) is 13.1 Å². The lowest BCUT2D eigenvalue weighted by atomic mass is 10.1. The smallest absolute Gasteiger partial charge is 0.410 e. The number of amides is 1. The summed E-state index contributed by atoms with van der Waals surface area (Å²) in [5.74, 6) is 0. The number of hydrogen-bond acceptors (Lipinski definition) is 4. The summed E-state index contributed by atoms with van der Waals surface area (Å²) >= 11 is 0. The molecule has 0 aliphatic carbocycles. The number of H-pyrrole nitrogens is 2. The lowest BCUT2D eigenvalue weighted by Crippen LogP contribution is -2.42. The van der Waals surface area contributed by atoms with Crippen molar-refractivity contribution in [3.05, 3.63) is 41.1 Å². The Hall–Kier alpha value is -3.03. The van der Waals surface area contributed by atoms with Crippen LogP contribution in [0.4, 0.5) is 4.79 Å². The number of benzene rings is 1. The van der Waals surface area contributed by atoms with Crippen molar-refractivity contribution in [2.45, 2.75) is 45.3 Å². The van der Waals surface area contributed by atoms with Crippen molar-refractivity contribution in [3.8, 4) is 11.1 Å². The number of aromatic amines is 2. The molecule has 2 aromatic heterocycles. The fraction of sp³-hybridized carbons (Fsp3) is 0.450. The van der Waals surface area contributed by atoms with Crippen LogP contribution in [-0.4, -0.2) is 49.4 Å². The van der Waals surface area contributed by atoms with Gasteiger partial charge in [-0.05, 0) is 39.7 Å². The first-order valence-corrected chi connectivity index (χ1v) is 9.54. The summed E-state index contributed by atoms with van der Waals surface area (Å²) < 4.78 is 7.42. The first-order valence-electron chi connectivity index (χ1n) is 9.54. The van der Waals surface area contributed by atoms with Gasteiger partial charge in [0.1, 0.15) is 5.60 Å². The molecule has 2 N–H and O–H groups in total. The van der Waals surface area contributed by atoms with Crippen molar-refractivity contribution >= 4 is 17.1 Å². The molecule has 1 aliphatic heterocycles. The quantitative estimate of drug-likeness (QED) is 0.710. The van der Waals surface area contributed by atoms with Crippen molar-refractivity contribution < 1.29 is 9.53 Å². The normalized spacial score (nSPS) is 15.9. The monoisotopic (exact) mass is 383 g/mol. The van der Waals surface area contributed by atoms with E-state index in [-0.39, 0.29) is 17.8 Å². The second-order valence-corrected chi connectivity index (χ2v) is 8.21. The molecule has 0 radical (unpaired) electrons. The standard InChI is InChI=1S/C20H25N5O3/c1-20(2,3)28-19(27)24-9-7-14(8-10-24)25-12-13(11-21-25)15-5-4-6-16-17(15)23-18(26)22-16/h4-6,11-12,14H,7-10H2,1-3H3,(H2,22,23,26). The third kappa shape index (κ3) is 3.67. The first-order chi connectivity index (χ1) is 13.3. The number of piperidine rings is 1. The number of fused-ring (bicyclic) bond motifs is 1. The number of carbonyl (C=O) groups is 1. The molecular weight excluding hydrogens is 358 g/mol. The van der Waals surface area contributed by atoms with Crippen LogP contribution in [0, 0.1) is 0 Å². The number of hydrogen-bond donors (Lipinski definition) is 2. The number of imidazole rings is 1. The molecule has 0 saturated carbocycles. The van der Waals surface area contributed by atoms with Gasteiger partial charge in [-0.25, -0.2) is 9.59 Å². The molecule has 148 valence electrons. The topological polar surface area (TPSA) is 96.0 Å². The van der Waals surface area contributed by atoms with Crippen LogP contribution in [0.3, 0.4) is 0 Å². The van der Waals surface area contributed by atoms with Crippen LogP contribution < -0.4 is 5.69 Å². The summed E-state index contributed by atoms with van der Waals surface area (Å²) in [5.41, 5.74) is 2.76. The number of ether oxygens (including phenoxy) is 1. The summed E-state index contributed by atoms with van der Waals surface area (Å²) in [7, 11) is 0. The van der Waals surface area contributed by atoms with Crippen molar-refractivity contribution in [3.63, 3.8) is 0 Å². The Morgan fingerprint density at radius 2 is 1.96 bits per heavy atom. The molecule has 1 aromatic carbocycles. The Morgan fingerprint density at radius 1 is 1.21 bits per heavy atom. The third-order valence-electron chi connectivity index (χ3n) is 4.95. The molecule has 0 spiro atoms. The average molecular weight is 383 g/mol. The molecule has 4 rings (SSSR count). The van der Waals surface area contributed by atoms with Crippen molar-refractivity contribution in [2.24, 2.45) is 0 Å². The molecule has 3 heterocycles. The molecule has 1 aliphatic rings. The zero-order valence-electron chi connectivity index (χ0n) is 16.4. The molecule has 1 amide bonds. The number of nitrogens with zero attached hydrogens (tertiary/aromatic N) is 3. The molecule has 1 saturated heterocycles. The van der Waals surface area contributed by atoms with Gasteiger partial charge >= 0.3 is 11.8 Å². The maximum absolute atomic E-state index is 12.2. The number of para-hydroxylation sites is 1. The second kappa shape index (κ2) is 6.85. The van der Waals surface area contributed by atoms with E-state index < -0.39 is 5.60 Å². The predicted molar refractivity (Wildman–Crippen MR) is 106 cm³/mol. The summed E-state index contributed by atoms with van der Waals surface area (Å²) in [6.07, 6.45) is 5.22. The van der Waals surface area contributed by atoms with E-state index in [4.69, 9.17) is 4.74 Å². The van der Waals surface area contributed by atoms with Gasteiger partial charge in [-0.3, -0.25) is 4.68 Å². The van der Waals surface area contributed by atoms with Crippen molar-refractivity contribution in [1.82, 2.24) is 24.6 Å². The molecule has 0 bridgehead atoms. The lowest BCUT2D eigenvalue weighted by molar-refractivity contribution is 0.0185. The van der Waals surface area contributed by atoms with Crippen LogP contribution in [0.25, 0.3) is 22.2 Å². The van der Waals surface area contributed by atoms with E-state index in [1.165, 1.54) is 0 Å². The molecular formula is C20H25N5O3. The second-order valence-electron chi connectivity index (χ2n) is 8.21. The van der Waals surface area contributed by atoms with Gasteiger partial charge in [0.2, 0.25) is 0 Å². The van der Waals surface area contributed by atoms with E-state index in [2.05, 4.69) is 15.1 Å². The predicted octanol–water partition coefficient (Wildman–Crippen LogP) is 3.29. The zero-order valence-corrected chi connectivity index (χ0v) is 16.4. The average Bonchev–Trinajstić information content (AvgIpc) is 3.26. The van der Waals surface area contributed by atoms with Crippen LogP contribution in [0.5, 0.6) is 0 Å². The van der Waals surface area contributed by atoms with Gasteiger partial charge in [0.15, 0.2) is 0 Å². The Labute approximate surface area is 162 Å². The van der Waals surface area contributed by atoms with Gasteiger partial charge in [0, 0.05) is 30.4 Å². The van der Waals surface area contributed by atoms with Crippen molar-refractivity contribution in [1.29, 1.82) is 0 Å². The molecule has 8 nitrogen and oxygen atoms in total. The fourth-order valence-electron chi connectivity index (χ4n) is 3.62. The van der Waals surface area contributed by atoms with Gasteiger partial charge < -0.3 is 19.6 Å². The van der Waals surface area contributed by atoms with Crippen LogP contribution in [-0.2, 0) is 4.74 Å². The molecule has 0 atom stereocenters. The SMILES string of the molecule is CC(C)(C)OC(=O)N1CCC(n2cc(-c3cccc4[nH]c(=O)[nH]c34)cn2)CC1. The van der Waals surface area contributed by atoms with Gasteiger partial charge in [0.25, 0.3) is 0 Å². The van der Waals surface area contributed by atoms with Gasteiger partial charge in [0.05, 0.1) is 23.3 Å². The molecule has 28 heavy (non-hydrogen) atoms. The Morgan fingerprint density at radius 3 is 2.68 bits per heavy atom. The number of likely N-dealkylation sites (tertiary alicyclic amines) is 1. The number of rotatable bonds is 2. The highest BCUT2D eigenvalue weighted by molar-refractivity contribution is 5.91. The molecule has 0 unspecified atom stereocenters. The maximum Gasteiger partial charge on any atom is 0.410 e. The largest absolute Gasteiger partial charge is 0.444 e. The summed E-state index contributed by atoms with van der Waals surface area (Å²) in [4.78, 5) is 31.2. The third-order valence-corrected chi connectivity index (χ3v) is 4.95. The number of aromatic nitrogens is 4. The molecule has 8 heteroatoms. The molecule has 1 fully saturated rings. The van der Waals surface area contributed by atoms with E-state index in [1.54, 1.807) is 4.90 Å². The first kappa shape index (κ1) is 18.3. The van der Waals surface area contributed by atoms with Crippen LogP contribution in [0.1, 0.15) is 39.7 Å². The van der Waals surface area contributed by atoms with Crippen molar-refractivity contribution in [2.75, 3.05) is 13.1 Å². The Kier molecular flexibility index (Phi) is 4.49. The Bertz CT molecular complexity index is 1050. The summed E-state index contributed by atoms with van der Waals surface area (Å²) in [6.45, 7) is 6.93. The van der Waals surface area contributed by atoms with E-state index in [9.17, 15) is 9.59 Å². The highest BCUT2D eigenvalue weighted by atomic mass is 16.6. The Balaban J connectivity index is 1.47. The fourth-order valence-corrected chi connectivity index (χ4v) is 3.62. The minimum Gasteiger partial charge on any atom is -0.444 e. The van der Waals surface area contributed by atoms with E-state index >= 15 is 0 Å². The van der Waals surface area contributed by atoms with Gasteiger partial charge in [-0.2, -0.15) is 5.10 Å². The van der Waals surface area contributed by atoms with Crippen LogP contribution in [0.15, 0.2) is 35.4 Å². The van der Waals surface area contributed by atoms with E-state index in [0.717, 1.165) is 35.0 Å². The van der Waals surface area contributed by atoms with E-state index in [1.807, 2.05) is 56.0 Å². The van der Waals surface area contributed by atoms with Crippen LogP contribution in [0.2, 0.25) is 0 Å². The number of nitrogens with one attached hydrogen (secondary N) is 2. The lowest BCUT2D eigenvalue weighted by Gasteiger charge is -2.33. The molecule has 3 aromatic rings. The highest BCUT2D eigenvalue weighted by Crippen LogP contribution is 2.29.